The highest BCUT2D eigenvalue weighted by molar-refractivity contribution is 6.28. The fraction of sp³-hybridized carbons (Fsp3) is 0. The van der Waals surface area contributed by atoms with Gasteiger partial charge in [0.1, 0.15) is 0 Å². The summed E-state index contributed by atoms with van der Waals surface area (Å²) in [5.41, 5.74) is 9.53. The van der Waals surface area contributed by atoms with Crippen LogP contribution in [0.1, 0.15) is 0 Å². The van der Waals surface area contributed by atoms with Crippen LogP contribution in [-0.4, -0.2) is 19.1 Å². The van der Waals surface area contributed by atoms with Gasteiger partial charge in [-0.2, -0.15) is 0 Å². The molecule has 0 atom stereocenters. The minimum atomic E-state index is 0.647. The van der Waals surface area contributed by atoms with Crippen LogP contribution in [0.15, 0.2) is 170 Å². The van der Waals surface area contributed by atoms with E-state index in [1.165, 1.54) is 43.4 Å². The predicted octanol–water partition coefficient (Wildman–Crippen LogP) is 11.2. The Bertz CT molecular complexity index is 2750. The topological polar surface area (TPSA) is 35.6 Å². The Hall–Kier alpha value is -6.52. The van der Waals surface area contributed by atoms with Gasteiger partial charge in [-0.3, -0.25) is 4.57 Å². The zero-order chi connectivity index (χ0) is 31.6. The van der Waals surface area contributed by atoms with Crippen LogP contribution in [0.25, 0.3) is 88.5 Å². The second-order valence-corrected chi connectivity index (χ2v) is 12.2. The molecule has 0 N–H and O–H groups in total. The van der Waals surface area contributed by atoms with Gasteiger partial charge in [-0.1, -0.05) is 140 Å². The number of rotatable bonds is 4. The number of hydrogen-bond donors (Lipinski definition) is 0. The SMILES string of the molecule is c1ccc(-c2cc(-c3ccccc3)nc(-n3c4ccccc4c4ccc5ccc6c7ccccc7n(-c7ccccc7)c6c5c43)n2)cc1. The van der Waals surface area contributed by atoms with E-state index < -0.39 is 0 Å². The van der Waals surface area contributed by atoms with Crippen molar-refractivity contribution in [2.75, 3.05) is 0 Å². The molecule has 0 bridgehead atoms. The quantitative estimate of drug-likeness (QED) is 0.198. The van der Waals surface area contributed by atoms with E-state index in [1.54, 1.807) is 0 Å². The molecule has 0 fully saturated rings. The average Bonchev–Trinajstić information content (AvgIpc) is 3.69. The fourth-order valence-corrected chi connectivity index (χ4v) is 7.42. The molecule has 0 radical (unpaired) electrons. The van der Waals surface area contributed by atoms with Gasteiger partial charge in [-0.15, -0.1) is 0 Å². The molecule has 0 aliphatic rings. The van der Waals surface area contributed by atoms with Crippen molar-refractivity contribution < 1.29 is 0 Å². The lowest BCUT2D eigenvalue weighted by atomic mass is 10.0. The maximum Gasteiger partial charge on any atom is 0.235 e. The second-order valence-electron chi connectivity index (χ2n) is 12.2. The van der Waals surface area contributed by atoms with Crippen LogP contribution in [0.5, 0.6) is 0 Å². The summed E-state index contributed by atoms with van der Waals surface area (Å²) in [6.07, 6.45) is 0. The van der Waals surface area contributed by atoms with Crippen molar-refractivity contribution in [2.24, 2.45) is 0 Å². The first-order valence-corrected chi connectivity index (χ1v) is 16.3. The van der Waals surface area contributed by atoms with Gasteiger partial charge in [0.25, 0.3) is 0 Å². The van der Waals surface area contributed by atoms with E-state index >= 15 is 0 Å². The van der Waals surface area contributed by atoms with Crippen molar-refractivity contribution in [2.45, 2.75) is 0 Å². The Balaban J connectivity index is 1.42. The highest BCUT2D eigenvalue weighted by atomic mass is 15.2. The van der Waals surface area contributed by atoms with Crippen LogP contribution in [0, 0.1) is 0 Å². The third kappa shape index (κ3) is 3.96. The van der Waals surface area contributed by atoms with E-state index in [0.717, 1.165) is 39.2 Å². The lowest BCUT2D eigenvalue weighted by molar-refractivity contribution is 0.998. The molecule has 0 aliphatic carbocycles. The van der Waals surface area contributed by atoms with E-state index in [1.807, 2.05) is 12.1 Å². The highest BCUT2D eigenvalue weighted by Gasteiger charge is 2.22. The van der Waals surface area contributed by atoms with Crippen molar-refractivity contribution in [3.8, 4) is 34.2 Å². The summed E-state index contributed by atoms with van der Waals surface area (Å²) in [5.74, 6) is 0.647. The van der Waals surface area contributed by atoms with Crippen LogP contribution in [0.2, 0.25) is 0 Å². The van der Waals surface area contributed by atoms with Gasteiger partial charge < -0.3 is 4.57 Å². The van der Waals surface area contributed by atoms with Crippen molar-refractivity contribution in [3.05, 3.63) is 170 Å². The highest BCUT2D eigenvalue weighted by Crippen LogP contribution is 2.43. The van der Waals surface area contributed by atoms with E-state index in [-0.39, 0.29) is 0 Å². The van der Waals surface area contributed by atoms with Crippen molar-refractivity contribution in [1.82, 2.24) is 19.1 Å². The Morgan fingerprint density at radius 2 is 0.833 bits per heavy atom. The monoisotopic (exact) mass is 612 g/mol. The fourth-order valence-electron chi connectivity index (χ4n) is 7.42. The van der Waals surface area contributed by atoms with Crippen LogP contribution >= 0.6 is 0 Å². The standard InChI is InChI=1S/C44H28N4/c1-4-14-29(15-5-1)37-28-38(30-16-6-2-7-17-30)46-44(45-37)48-40-23-13-11-21-34(40)36-27-25-31-24-26-35-33-20-10-12-22-39(33)47(32-18-8-3-9-19-32)42(35)41(31)43(36)48/h1-28H. The molecule has 0 spiro atoms. The minimum Gasteiger partial charge on any atom is -0.309 e. The number of nitrogens with zero attached hydrogens (tertiary/aromatic N) is 4. The van der Waals surface area contributed by atoms with Crippen molar-refractivity contribution in [1.29, 1.82) is 0 Å². The molecule has 7 aromatic carbocycles. The first kappa shape index (κ1) is 26.7. The molecule has 0 aliphatic heterocycles. The van der Waals surface area contributed by atoms with Crippen LogP contribution < -0.4 is 0 Å². The summed E-state index contributed by atoms with van der Waals surface area (Å²) in [6, 6.07) is 60.0. The summed E-state index contributed by atoms with van der Waals surface area (Å²) in [4.78, 5) is 10.7. The van der Waals surface area contributed by atoms with Gasteiger partial charge in [-0.05, 0) is 35.7 Å². The Morgan fingerprint density at radius 3 is 1.40 bits per heavy atom. The lowest BCUT2D eigenvalue weighted by Crippen LogP contribution is -2.04. The third-order valence-corrected chi connectivity index (χ3v) is 9.52. The molecule has 3 aromatic heterocycles. The average molecular weight is 613 g/mol. The number of benzene rings is 7. The number of hydrogen-bond acceptors (Lipinski definition) is 2. The molecule has 3 heterocycles. The van der Waals surface area contributed by atoms with E-state index in [9.17, 15) is 0 Å². The normalized spacial score (nSPS) is 11.8. The summed E-state index contributed by atoms with van der Waals surface area (Å²) in [5, 5.41) is 7.13. The van der Waals surface area contributed by atoms with Gasteiger partial charge in [0.15, 0.2) is 0 Å². The van der Waals surface area contributed by atoms with Gasteiger partial charge in [0.05, 0.1) is 33.5 Å². The van der Waals surface area contributed by atoms with E-state index in [2.05, 4.69) is 167 Å². The summed E-state index contributed by atoms with van der Waals surface area (Å²) < 4.78 is 4.71. The molecule has 224 valence electrons. The van der Waals surface area contributed by atoms with E-state index in [0.29, 0.717) is 5.95 Å². The first-order chi connectivity index (χ1) is 23.8. The van der Waals surface area contributed by atoms with Crippen LogP contribution in [0.3, 0.4) is 0 Å². The number of para-hydroxylation sites is 3. The molecule has 48 heavy (non-hydrogen) atoms. The molecule has 10 aromatic rings. The Labute approximate surface area is 276 Å². The molecule has 4 heteroatoms. The third-order valence-electron chi connectivity index (χ3n) is 9.52. The van der Waals surface area contributed by atoms with Gasteiger partial charge in [0.2, 0.25) is 5.95 Å². The smallest absolute Gasteiger partial charge is 0.235 e. The zero-order valence-electron chi connectivity index (χ0n) is 26.0. The van der Waals surface area contributed by atoms with E-state index in [4.69, 9.17) is 9.97 Å². The van der Waals surface area contributed by atoms with Crippen LogP contribution in [0.4, 0.5) is 0 Å². The maximum atomic E-state index is 5.33. The first-order valence-electron chi connectivity index (χ1n) is 16.3. The molecular formula is C44H28N4. The number of fused-ring (bicyclic) bond motifs is 9. The largest absolute Gasteiger partial charge is 0.309 e. The Kier molecular flexibility index (Phi) is 5.84. The summed E-state index contributed by atoms with van der Waals surface area (Å²) in [6.45, 7) is 0. The summed E-state index contributed by atoms with van der Waals surface area (Å²) >= 11 is 0. The van der Waals surface area contributed by atoms with Gasteiger partial charge in [0, 0.05) is 43.7 Å². The minimum absolute atomic E-state index is 0.647. The lowest BCUT2D eigenvalue weighted by Gasteiger charge is -2.14. The Morgan fingerprint density at radius 1 is 0.375 bits per heavy atom. The predicted molar refractivity (Wildman–Crippen MR) is 199 cm³/mol. The molecule has 0 amide bonds. The summed E-state index contributed by atoms with van der Waals surface area (Å²) in [7, 11) is 0. The van der Waals surface area contributed by atoms with Crippen molar-refractivity contribution >= 4 is 54.4 Å². The zero-order valence-corrected chi connectivity index (χ0v) is 26.0. The van der Waals surface area contributed by atoms with Crippen LogP contribution in [-0.2, 0) is 0 Å². The van der Waals surface area contributed by atoms with Crippen molar-refractivity contribution in [3.63, 3.8) is 0 Å². The molecular weight excluding hydrogens is 585 g/mol. The maximum absolute atomic E-state index is 5.33. The molecule has 0 saturated carbocycles. The molecule has 4 nitrogen and oxygen atoms in total. The van der Waals surface area contributed by atoms with Gasteiger partial charge >= 0.3 is 0 Å². The molecule has 0 unspecified atom stereocenters. The van der Waals surface area contributed by atoms with Gasteiger partial charge in [-0.25, -0.2) is 9.97 Å². The second kappa shape index (κ2) is 10.5. The molecule has 10 rings (SSSR count). The molecule has 0 saturated heterocycles. The number of aromatic nitrogens is 4.